The van der Waals surface area contributed by atoms with E-state index in [2.05, 4.69) is 0 Å². The first-order chi connectivity index (χ1) is 11.5. The number of esters is 2. The van der Waals surface area contributed by atoms with Crippen molar-refractivity contribution in [2.75, 3.05) is 13.2 Å². The number of rotatable bonds is 5. The Morgan fingerprint density at radius 1 is 1.08 bits per heavy atom. The van der Waals surface area contributed by atoms with E-state index in [-0.39, 0.29) is 23.9 Å². The van der Waals surface area contributed by atoms with Crippen LogP contribution in [0.1, 0.15) is 39.2 Å². The molecule has 0 saturated heterocycles. The molecule has 1 aromatic rings. The average Bonchev–Trinajstić information content (AvgIpc) is 2.55. The van der Waals surface area contributed by atoms with E-state index in [0.29, 0.717) is 18.8 Å². The molecule has 0 fully saturated rings. The van der Waals surface area contributed by atoms with Crippen molar-refractivity contribution >= 4 is 11.9 Å². The van der Waals surface area contributed by atoms with Crippen LogP contribution in [0.5, 0.6) is 0 Å². The van der Waals surface area contributed by atoms with E-state index in [1.54, 1.807) is 13.8 Å². The molecule has 0 spiro atoms. The topological polar surface area (TPSA) is 69.2 Å². The molecule has 3 unspecified atom stereocenters. The molecule has 1 aliphatic rings. The van der Waals surface area contributed by atoms with E-state index in [0.717, 1.165) is 11.3 Å². The van der Waals surface area contributed by atoms with Gasteiger partial charge in [-0.25, -0.2) is 4.79 Å². The summed E-state index contributed by atoms with van der Waals surface area (Å²) in [6, 6.07) is 9.62. The minimum Gasteiger partial charge on any atom is -0.466 e. The molecule has 0 aliphatic carbocycles. The van der Waals surface area contributed by atoms with Gasteiger partial charge in [0, 0.05) is 12.8 Å². The summed E-state index contributed by atoms with van der Waals surface area (Å²) < 4.78 is 10.6. The second-order valence-corrected chi connectivity index (χ2v) is 6.01. The number of carbonyl (C=O) groups is 2. The van der Waals surface area contributed by atoms with Crippen LogP contribution in [0.3, 0.4) is 0 Å². The summed E-state index contributed by atoms with van der Waals surface area (Å²) in [4.78, 5) is 25.2. The molecule has 1 aromatic carbocycles. The van der Waals surface area contributed by atoms with Crippen molar-refractivity contribution in [2.24, 2.45) is 5.92 Å². The van der Waals surface area contributed by atoms with Crippen molar-refractivity contribution in [1.29, 1.82) is 0 Å². The van der Waals surface area contributed by atoms with E-state index >= 15 is 0 Å². The van der Waals surface area contributed by atoms with Crippen molar-refractivity contribution in [3.8, 4) is 0 Å². The predicted molar refractivity (Wildman–Crippen MR) is 90.0 cm³/mol. The third-order valence-corrected chi connectivity index (χ3v) is 4.39. The standard InChI is InChI=1S/C19H25NO4/c1-5-23-18(21)15-12(3)20-13(4)16(19(22)24-6-2)17(15)14-10-8-7-9-11-14/h7-12,15,17,20H,5-6H2,1-4H3/p+1. The molecule has 130 valence electrons. The largest absolute Gasteiger partial charge is 0.466 e. The van der Waals surface area contributed by atoms with Gasteiger partial charge in [0.1, 0.15) is 23.2 Å². The first-order valence-corrected chi connectivity index (χ1v) is 8.45. The molecule has 2 N–H and O–H groups in total. The van der Waals surface area contributed by atoms with Gasteiger partial charge >= 0.3 is 11.9 Å². The quantitative estimate of drug-likeness (QED) is 0.834. The minimum absolute atomic E-state index is 0.0209. The fourth-order valence-electron chi connectivity index (χ4n) is 3.44. The summed E-state index contributed by atoms with van der Waals surface area (Å²) >= 11 is 0. The number of benzene rings is 1. The van der Waals surface area contributed by atoms with Gasteiger partial charge in [0.15, 0.2) is 0 Å². The van der Waals surface area contributed by atoms with Gasteiger partial charge in [0.25, 0.3) is 0 Å². The van der Waals surface area contributed by atoms with E-state index < -0.39 is 5.92 Å². The Hall–Kier alpha value is -2.14. The van der Waals surface area contributed by atoms with Crippen LogP contribution in [-0.4, -0.2) is 31.2 Å². The molecule has 1 aliphatic heterocycles. The Morgan fingerprint density at radius 3 is 2.29 bits per heavy atom. The fraction of sp³-hybridized carbons (Fsp3) is 0.474. The van der Waals surface area contributed by atoms with E-state index in [1.165, 1.54) is 0 Å². The molecule has 0 radical (unpaired) electrons. The lowest BCUT2D eigenvalue weighted by Gasteiger charge is -2.34. The summed E-state index contributed by atoms with van der Waals surface area (Å²) in [5, 5.41) is 1.97. The summed E-state index contributed by atoms with van der Waals surface area (Å²) in [6.07, 6.45) is 0. The van der Waals surface area contributed by atoms with Gasteiger partial charge < -0.3 is 14.8 Å². The average molecular weight is 332 g/mol. The third-order valence-electron chi connectivity index (χ3n) is 4.39. The van der Waals surface area contributed by atoms with Gasteiger partial charge in [-0.1, -0.05) is 30.3 Å². The summed E-state index contributed by atoms with van der Waals surface area (Å²) in [7, 11) is 0. The normalized spacial score (nSPS) is 23.8. The highest BCUT2D eigenvalue weighted by atomic mass is 16.5. The van der Waals surface area contributed by atoms with Crippen molar-refractivity contribution in [3.05, 3.63) is 47.2 Å². The molecule has 0 aromatic heterocycles. The second kappa shape index (κ2) is 8.11. The van der Waals surface area contributed by atoms with Crippen LogP contribution >= 0.6 is 0 Å². The molecule has 0 amide bonds. The van der Waals surface area contributed by atoms with Gasteiger partial charge in [-0.05, 0) is 26.3 Å². The molecule has 0 saturated carbocycles. The van der Waals surface area contributed by atoms with E-state index in [1.807, 2.05) is 49.5 Å². The number of carbonyl (C=O) groups excluding carboxylic acids is 2. The van der Waals surface area contributed by atoms with Gasteiger partial charge in [0.2, 0.25) is 0 Å². The van der Waals surface area contributed by atoms with Gasteiger partial charge in [0.05, 0.1) is 13.2 Å². The molecule has 5 nitrogen and oxygen atoms in total. The number of hydrogen-bond donors (Lipinski definition) is 1. The van der Waals surface area contributed by atoms with Crippen LogP contribution < -0.4 is 5.32 Å². The maximum Gasteiger partial charge on any atom is 0.340 e. The Kier molecular flexibility index (Phi) is 6.15. The molecular formula is C19H26NO4+. The molecule has 0 bridgehead atoms. The number of allylic oxidation sites excluding steroid dienone is 1. The summed E-state index contributed by atoms with van der Waals surface area (Å²) in [6.45, 7) is 8.09. The first-order valence-electron chi connectivity index (χ1n) is 8.45. The predicted octanol–water partition coefficient (Wildman–Crippen LogP) is 1.75. The zero-order chi connectivity index (χ0) is 17.7. The smallest absolute Gasteiger partial charge is 0.340 e. The van der Waals surface area contributed by atoms with Crippen molar-refractivity contribution in [2.45, 2.75) is 39.7 Å². The zero-order valence-corrected chi connectivity index (χ0v) is 14.7. The van der Waals surface area contributed by atoms with Crippen LogP contribution in [0.2, 0.25) is 0 Å². The van der Waals surface area contributed by atoms with Gasteiger partial charge in [-0.15, -0.1) is 0 Å². The molecule has 24 heavy (non-hydrogen) atoms. The van der Waals surface area contributed by atoms with Crippen LogP contribution in [-0.2, 0) is 19.1 Å². The van der Waals surface area contributed by atoms with Gasteiger partial charge in [-0.2, -0.15) is 0 Å². The Bertz CT molecular complexity index is 624. The summed E-state index contributed by atoms with van der Waals surface area (Å²) in [5.41, 5.74) is 2.35. The second-order valence-electron chi connectivity index (χ2n) is 6.01. The van der Waals surface area contributed by atoms with Crippen molar-refractivity contribution in [3.63, 3.8) is 0 Å². The minimum atomic E-state index is -0.435. The molecule has 5 heteroatoms. The Labute approximate surface area is 143 Å². The number of ether oxygens (including phenoxy) is 2. The molecule has 2 rings (SSSR count). The highest BCUT2D eigenvalue weighted by Crippen LogP contribution is 2.38. The van der Waals surface area contributed by atoms with Crippen molar-refractivity contribution < 1.29 is 24.4 Å². The fourth-order valence-corrected chi connectivity index (χ4v) is 3.44. The first kappa shape index (κ1) is 18.2. The highest BCUT2D eigenvalue weighted by molar-refractivity contribution is 5.92. The lowest BCUT2D eigenvalue weighted by molar-refractivity contribution is -0.650. The Morgan fingerprint density at radius 2 is 1.71 bits per heavy atom. The Balaban J connectivity index is 2.55. The maximum absolute atomic E-state index is 12.6. The molecule has 1 heterocycles. The number of quaternary nitrogens is 1. The third kappa shape index (κ3) is 3.67. The van der Waals surface area contributed by atoms with Crippen molar-refractivity contribution in [1.82, 2.24) is 0 Å². The van der Waals surface area contributed by atoms with Crippen LogP contribution in [0, 0.1) is 5.92 Å². The molecular weight excluding hydrogens is 306 g/mol. The van der Waals surface area contributed by atoms with E-state index in [4.69, 9.17) is 9.47 Å². The monoisotopic (exact) mass is 332 g/mol. The van der Waals surface area contributed by atoms with Crippen LogP contribution in [0.15, 0.2) is 41.6 Å². The zero-order valence-electron chi connectivity index (χ0n) is 14.7. The van der Waals surface area contributed by atoms with Crippen LogP contribution in [0.25, 0.3) is 0 Å². The highest BCUT2D eigenvalue weighted by Gasteiger charge is 2.47. The van der Waals surface area contributed by atoms with E-state index in [9.17, 15) is 9.59 Å². The summed E-state index contributed by atoms with van der Waals surface area (Å²) in [5.74, 6) is -1.43. The lowest BCUT2D eigenvalue weighted by Crippen LogP contribution is -2.91. The molecule has 3 atom stereocenters. The van der Waals surface area contributed by atoms with Gasteiger partial charge in [-0.3, -0.25) is 4.79 Å². The number of nitrogens with two attached hydrogens (primary N) is 1. The maximum atomic E-state index is 12.6. The SMILES string of the molecule is CCOC(=O)C1=C(C)[NH2+]C(C)C(C(=O)OCC)C1c1ccccc1. The lowest BCUT2D eigenvalue weighted by atomic mass is 9.74. The number of hydrogen-bond acceptors (Lipinski definition) is 4. The van der Waals surface area contributed by atoms with Crippen LogP contribution in [0.4, 0.5) is 0 Å².